The van der Waals surface area contributed by atoms with E-state index in [0.717, 1.165) is 30.5 Å². The first kappa shape index (κ1) is 13.6. The summed E-state index contributed by atoms with van der Waals surface area (Å²) in [5.41, 5.74) is 1.37. The molecule has 2 saturated carbocycles. The molecule has 104 valence electrons. The van der Waals surface area contributed by atoms with Crippen molar-refractivity contribution in [3.63, 3.8) is 0 Å². The van der Waals surface area contributed by atoms with Crippen molar-refractivity contribution < 1.29 is 4.39 Å². The van der Waals surface area contributed by atoms with E-state index in [1.807, 2.05) is 12.1 Å². The lowest BCUT2D eigenvalue weighted by molar-refractivity contribution is 0.254. The molecule has 1 nitrogen and oxygen atoms in total. The van der Waals surface area contributed by atoms with Crippen LogP contribution in [-0.4, -0.2) is 12.6 Å². The lowest BCUT2D eigenvalue weighted by Crippen LogP contribution is -2.36. The molecule has 0 aliphatic heterocycles. The molecular formula is C16H21BrFN. The maximum absolute atomic E-state index is 13.6. The Hall–Kier alpha value is -0.410. The summed E-state index contributed by atoms with van der Waals surface area (Å²) in [5.74, 6) is 0.653. The summed E-state index contributed by atoms with van der Waals surface area (Å²) >= 11 is 3.40. The molecule has 1 N–H and O–H groups in total. The summed E-state index contributed by atoms with van der Waals surface area (Å²) in [6, 6.07) is 6.13. The Morgan fingerprint density at radius 1 is 1.32 bits per heavy atom. The molecule has 0 radical (unpaired) electrons. The van der Waals surface area contributed by atoms with E-state index in [1.165, 1.54) is 31.7 Å². The van der Waals surface area contributed by atoms with Crippen LogP contribution in [0.15, 0.2) is 22.7 Å². The van der Waals surface area contributed by atoms with Crippen molar-refractivity contribution in [2.75, 3.05) is 6.54 Å². The first-order valence-electron chi connectivity index (χ1n) is 7.25. The molecule has 0 spiro atoms. The summed E-state index contributed by atoms with van der Waals surface area (Å²) in [6.45, 7) is 3.42. The van der Waals surface area contributed by atoms with Crippen LogP contribution < -0.4 is 5.32 Å². The van der Waals surface area contributed by atoms with Gasteiger partial charge in [0.1, 0.15) is 5.82 Å². The van der Waals surface area contributed by atoms with Gasteiger partial charge in [-0.2, -0.15) is 0 Å². The van der Waals surface area contributed by atoms with Crippen LogP contribution in [0.3, 0.4) is 0 Å². The normalized spacial score (nSPS) is 22.3. The van der Waals surface area contributed by atoms with E-state index in [-0.39, 0.29) is 11.2 Å². The molecule has 0 bridgehead atoms. The molecule has 0 aromatic heterocycles. The second-order valence-electron chi connectivity index (χ2n) is 6.47. The molecule has 1 atom stereocenters. The highest BCUT2D eigenvalue weighted by molar-refractivity contribution is 9.10. The average molecular weight is 326 g/mol. The quantitative estimate of drug-likeness (QED) is 0.822. The van der Waals surface area contributed by atoms with E-state index in [9.17, 15) is 4.39 Å². The van der Waals surface area contributed by atoms with Crippen molar-refractivity contribution in [1.29, 1.82) is 0 Å². The molecule has 1 aromatic rings. The molecule has 3 heteroatoms. The van der Waals surface area contributed by atoms with Gasteiger partial charge in [-0.3, -0.25) is 0 Å². The van der Waals surface area contributed by atoms with Crippen molar-refractivity contribution in [1.82, 2.24) is 5.32 Å². The van der Waals surface area contributed by atoms with Crippen LogP contribution in [-0.2, 0) is 6.42 Å². The number of benzene rings is 1. The van der Waals surface area contributed by atoms with Gasteiger partial charge in [0.15, 0.2) is 0 Å². The van der Waals surface area contributed by atoms with Crippen molar-refractivity contribution in [2.45, 2.75) is 45.1 Å². The molecule has 3 rings (SSSR count). The minimum atomic E-state index is -0.147. The fraction of sp³-hybridized carbons (Fsp3) is 0.625. The summed E-state index contributed by atoms with van der Waals surface area (Å²) in [6.07, 6.45) is 6.26. The largest absolute Gasteiger partial charge is 0.313 e. The van der Waals surface area contributed by atoms with E-state index < -0.39 is 0 Å². The van der Waals surface area contributed by atoms with Gasteiger partial charge in [-0.25, -0.2) is 4.39 Å². The van der Waals surface area contributed by atoms with Crippen LogP contribution in [0.1, 0.15) is 38.2 Å². The summed E-state index contributed by atoms with van der Waals surface area (Å²) in [7, 11) is 0. The zero-order valence-corrected chi connectivity index (χ0v) is 13.0. The van der Waals surface area contributed by atoms with Gasteiger partial charge in [0.05, 0.1) is 4.47 Å². The molecule has 0 heterocycles. The fourth-order valence-corrected chi connectivity index (χ4v) is 3.32. The molecule has 1 aromatic carbocycles. The maximum atomic E-state index is 13.6. The van der Waals surface area contributed by atoms with Gasteiger partial charge in [-0.05, 0) is 71.0 Å². The highest BCUT2D eigenvalue weighted by Crippen LogP contribution is 2.48. The van der Waals surface area contributed by atoms with Crippen LogP contribution >= 0.6 is 15.9 Å². The van der Waals surface area contributed by atoms with Gasteiger partial charge in [0.2, 0.25) is 0 Å². The van der Waals surface area contributed by atoms with Gasteiger partial charge in [0, 0.05) is 12.6 Å². The van der Waals surface area contributed by atoms with Crippen LogP contribution in [0, 0.1) is 17.2 Å². The topological polar surface area (TPSA) is 12.0 Å². The maximum Gasteiger partial charge on any atom is 0.137 e. The smallest absolute Gasteiger partial charge is 0.137 e. The number of rotatable bonds is 6. The Balaban J connectivity index is 1.74. The summed E-state index contributed by atoms with van der Waals surface area (Å²) in [4.78, 5) is 0. The first-order valence-corrected chi connectivity index (χ1v) is 8.04. The van der Waals surface area contributed by atoms with Crippen molar-refractivity contribution in [3.8, 4) is 0 Å². The van der Waals surface area contributed by atoms with Crippen LogP contribution in [0.4, 0.5) is 4.39 Å². The number of hydrogen-bond acceptors (Lipinski definition) is 1. The molecule has 19 heavy (non-hydrogen) atoms. The predicted octanol–water partition coefficient (Wildman–Crippen LogP) is 4.30. The zero-order chi connectivity index (χ0) is 13.5. The first-order chi connectivity index (χ1) is 9.08. The Morgan fingerprint density at radius 3 is 2.68 bits per heavy atom. The Labute approximate surface area is 123 Å². The summed E-state index contributed by atoms with van der Waals surface area (Å²) in [5, 5.41) is 3.66. The number of hydrogen-bond donors (Lipinski definition) is 1. The van der Waals surface area contributed by atoms with Crippen molar-refractivity contribution in [2.24, 2.45) is 11.3 Å². The van der Waals surface area contributed by atoms with Crippen LogP contribution in [0.2, 0.25) is 0 Å². The van der Waals surface area contributed by atoms with Crippen LogP contribution in [0.5, 0.6) is 0 Å². The monoisotopic (exact) mass is 325 g/mol. The predicted molar refractivity (Wildman–Crippen MR) is 79.7 cm³/mol. The SMILES string of the molecule is CC(CNC1CC1)(Cc1cccc(F)c1Br)C1CC1. The van der Waals surface area contributed by atoms with Crippen molar-refractivity contribution in [3.05, 3.63) is 34.1 Å². The molecule has 0 saturated heterocycles. The lowest BCUT2D eigenvalue weighted by atomic mass is 9.79. The van der Waals surface area contributed by atoms with Crippen LogP contribution in [0.25, 0.3) is 0 Å². The standard InChI is InChI=1S/C16H21BrFN/c1-16(12-5-6-12,10-19-13-7-8-13)9-11-3-2-4-14(18)15(11)17/h2-4,12-13,19H,5-10H2,1H3. The van der Waals surface area contributed by atoms with E-state index in [4.69, 9.17) is 0 Å². The van der Waals surface area contributed by atoms with Gasteiger partial charge in [0.25, 0.3) is 0 Å². The van der Waals surface area contributed by atoms with E-state index in [2.05, 4.69) is 28.2 Å². The zero-order valence-electron chi connectivity index (χ0n) is 11.4. The highest BCUT2D eigenvalue weighted by atomic mass is 79.9. The molecule has 2 aliphatic carbocycles. The molecular weight excluding hydrogens is 305 g/mol. The number of halogens is 2. The van der Waals surface area contributed by atoms with E-state index in [1.54, 1.807) is 0 Å². The molecule has 2 fully saturated rings. The third kappa shape index (κ3) is 3.19. The van der Waals surface area contributed by atoms with Gasteiger partial charge >= 0.3 is 0 Å². The number of nitrogens with one attached hydrogen (secondary N) is 1. The Morgan fingerprint density at radius 2 is 2.05 bits per heavy atom. The Kier molecular flexibility index (Phi) is 3.69. The summed E-state index contributed by atoms with van der Waals surface area (Å²) < 4.78 is 14.3. The lowest BCUT2D eigenvalue weighted by Gasteiger charge is -2.31. The third-order valence-corrected chi connectivity index (χ3v) is 5.45. The second-order valence-corrected chi connectivity index (χ2v) is 7.27. The van der Waals surface area contributed by atoms with Gasteiger partial charge in [-0.1, -0.05) is 19.1 Å². The molecule has 0 amide bonds. The van der Waals surface area contributed by atoms with E-state index >= 15 is 0 Å². The second kappa shape index (κ2) is 5.17. The average Bonchev–Trinajstić information content (AvgIpc) is 3.26. The molecule has 2 aliphatic rings. The molecule has 1 unspecified atom stereocenters. The third-order valence-electron chi connectivity index (χ3n) is 4.56. The van der Waals surface area contributed by atoms with Crippen molar-refractivity contribution >= 4 is 15.9 Å². The Bertz CT molecular complexity index is 468. The van der Waals surface area contributed by atoms with E-state index in [0.29, 0.717) is 4.47 Å². The minimum absolute atomic E-state index is 0.147. The minimum Gasteiger partial charge on any atom is -0.313 e. The highest BCUT2D eigenvalue weighted by Gasteiger charge is 2.42. The fourth-order valence-electron chi connectivity index (χ4n) is 2.92. The van der Waals surface area contributed by atoms with Gasteiger partial charge < -0.3 is 5.32 Å². The van der Waals surface area contributed by atoms with Gasteiger partial charge in [-0.15, -0.1) is 0 Å².